The van der Waals surface area contributed by atoms with E-state index in [1.54, 1.807) is 13.2 Å². The summed E-state index contributed by atoms with van der Waals surface area (Å²) in [7, 11) is -1.31. The second-order valence-electron chi connectivity index (χ2n) is 6.53. The maximum absolute atomic E-state index is 13.7. The van der Waals surface area contributed by atoms with Gasteiger partial charge in [-0.15, -0.1) is 0 Å². The maximum atomic E-state index is 13.7. The molecular formula is C19H19FN2O6S. The lowest BCUT2D eigenvalue weighted by Gasteiger charge is -2.21. The van der Waals surface area contributed by atoms with Crippen LogP contribution < -0.4 is 14.2 Å². The van der Waals surface area contributed by atoms with Gasteiger partial charge in [0.1, 0.15) is 27.6 Å². The fraction of sp³-hybridized carbons (Fsp3) is 0.316. The van der Waals surface area contributed by atoms with Crippen LogP contribution in [0.15, 0.2) is 33.7 Å². The van der Waals surface area contributed by atoms with Crippen molar-refractivity contribution in [2.75, 3.05) is 25.5 Å². The van der Waals surface area contributed by atoms with Crippen molar-refractivity contribution >= 4 is 26.8 Å². The highest BCUT2D eigenvalue weighted by molar-refractivity contribution is 7.92. The number of nitrogens with one attached hydrogen (secondary N) is 1. The molecule has 0 aliphatic carbocycles. The highest BCUT2D eigenvalue weighted by Gasteiger charge is 2.28. The molecule has 0 bridgehead atoms. The second kappa shape index (κ2) is 7.53. The summed E-state index contributed by atoms with van der Waals surface area (Å²) in [5.41, 5.74) is 2.19. The summed E-state index contributed by atoms with van der Waals surface area (Å²) in [5.74, 6) is -0.215. The summed E-state index contributed by atoms with van der Waals surface area (Å²) in [4.78, 5) is -0.345. The summed E-state index contributed by atoms with van der Waals surface area (Å²) in [5, 5.41) is 4.29. The standard InChI is InChI=1S/C19H19FN2O6S/c1-25-10-11-8-15-17(18-13(11)4-3-7-27-18)19(21-28-15)22-29(23,24)16-9-12(20)5-6-14(16)26-2/h5-6,8-9H,3-4,7,10H2,1-2H3,(H,21,22). The molecule has 2 heterocycles. The first-order valence-corrected chi connectivity index (χ1v) is 10.3. The largest absolute Gasteiger partial charge is 0.495 e. The van der Waals surface area contributed by atoms with Crippen LogP contribution >= 0.6 is 0 Å². The molecule has 0 atom stereocenters. The van der Waals surface area contributed by atoms with E-state index in [2.05, 4.69) is 9.88 Å². The van der Waals surface area contributed by atoms with Crippen LogP contribution in [0.25, 0.3) is 11.0 Å². The molecule has 0 fully saturated rings. The molecule has 0 saturated carbocycles. The molecule has 0 amide bonds. The lowest BCUT2D eigenvalue weighted by Crippen LogP contribution is -2.16. The average Bonchev–Trinajstić information content (AvgIpc) is 3.10. The Morgan fingerprint density at radius 3 is 2.86 bits per heavy atom. The van der Waals surface area contributed by atoms with Gasteiger partial charge < -0.3 is 18.7 Å². The number of hydrogen-bond donors (Lipinski definition) is 1. The molecule has 3 aromatic rings. The molecule has 1 N–H and O–H groups in total. The number of fused-ring (bicyclic) bond motifs is 3. The highest BCUT2D eigenvalue weighted by atomic mass is 32.2. The fourth-order valence-electron chi connectivity index (χ4n) is 3.42. The van der Waals surface area contributed by atoms with Crippen LogP contribution in [-0.4, -0.2) is 34.4 Å². The molecule has 1 aliphatic rings. The molecule has 0 unspecified atom stereocenters. The molecule has 0 spiro atoms. The first kappa shape index (κ1) is 19.5. The Bertz CT molecular complexity index is 1180. The van der Waals surface area contributed by atoms with Crippen molar-refractivity contribution in [2.45, 2.75) is 24.3 Å². The van der Waals surface area contributed by atoms with E-state index < -0.39 is 15.8 Å². The summed E-state index contributed by atoms with van der Waals surface area (Å²) < 4.78 is 63.4. The third kappa shape index (κ3) is 3.49. The first-order valence-electron chi connectivity index (χ1n) is 8.87. The van der Waals surface area contributed by atoms with Crippen LogP contribution in [0.4, 0.5) is 10.2 Å². The van der Waals surface area contributed by atoms with Gasteiger partial charge in [0.25, 0.3) is 10.0 Å². The Hall–Kier alpha value is -2.85. The molecule has 1 aliphatic heterocycles. The van der Waals surface area contributed by atoms with E-state index in [0.717, 1.165) is 36.1 Å². The number of nitrogens with zero attached hydrogens (tertiary/aromatic N) is 1. The lowest BCUT2D eigenvalue weighted by molar-refractivity contribution is 0.182. The Morgan fingerprint density at radius 1 is 1.28 bits per heavy atom. The van der Waals surface area contributed by atoms with Gasteiger partial charge in [0.2, 0.25) is 0 Å². The average molecular weight is 422 g/mol. The number of anilines is 1. The van der Waals surface area contributed by atoms with Crippen molar-refractivity contribution in [3.8, 4) is 11.5 Å². The van der Waals surface area contributed by atoms with Crippen molar-refractivity contribution in [1.82, 2.24) is 5.16 Å². The summed E-state index contributed by atoms with van der Waals surface area (Å²) in [6.07, 6.45) is 1.60. The van der Waals surface area contributed by atoms with Crippen LogP contribution in [0.1, 0.15) is 17.5 Å². The number of halogens is 1. The van der Waals surface area contributed by atoms with E-state index in [9.17, 15) is 12.8 Å². The number of rotatable bonds is 6. The fourth-order valence-corrected chi connectivity index (χ4v) is 4.60. The zero-order chi connectivity index (χ0) is 20.6. The Balaban J connectivity index is 1.82. The molecule has 154 valence electrons. The Kier molecular flexibility index (Phi) is 5.05. The zero-order valence-electron chi connectivity index (χ0n) is 15.8. The zero-order valence-corrected chi connectivity index (χ0v) is 16.6. The van der Waals surface area contributed by atoms with Gasteiger partial charge in [-0.2, -0.15) is 0 Å². The SMILES string of the molecule is COCc1cc2onc(NS(=O)(=O)c3cc(F)ccc3OC)c2c2c1CCCO2. The monoisotopic (exact) mass is 422 g/mol. The van der Waals surface area contributed by atoms with Crippen molar-refractivity contribution < 1.29 is 31.5 Å². The normalized spacial score (nSPS) is 13.8. The predicted molar refractivity (Wildman–Crippen MR) is 102 cm³/mol. The third-order valence-electron chi connectivity index (χ3n) is 4.68. The third-order valence-corrected chi connectivity index (χ3v) is 6.04. The van der Waals surface area contributed by atoms with E-state index in [0.29, 0.717) is 29.9 Å². The van der Waals surface area contributed by atoms with E-state index in [1.165, 1.54) is 13.2 Å². The van der Waals surface area contributed by atoms with E-state index in [-0.39, 0.29) is 16.5 Å². The van der Waals surface area contributed by atoms with Crippen LogP contribution in [0.5, 0.6) is 11.5 Å². The highest BCUT2D eigenvalue weighted by Crippen LogP contribution is 2.41. The number of ether oxygens (including phenoxy) is 3. The number of benzene rings is 2. The van der Waals surface area contributed by atoms with Crippen LogP contribution in [0, 0.1) is 5.82 Å². The van der Waals surface area contributed by atoms with Crippen molar-refractivity contribution in [3.05, 3.63) is 41.2 Å². The van der Waals surface area contributed by atoms with Crippen molar-refractivity contribution in [3.63, 3.8) is 0 Å². The molecule has 29 heavy (non-hydrogen) atoms. The summed E-state index contributed by atoms with van der Waals surface area (Å²) >= 11 is 0. The van der Waals surface area contributed by atoms with E-state index in [1.807, 2.05) is 0 Å². The van der Waals surface area contributed by atoms with Gasteiger partial charge in [0, 0.05) is 12.7 Å². The molecule has 0 radical (unpaired) electrons. The molecule has 8 nitrogen and oxygen atoms in total. The van der Waals surface area contributed by atoms with E-state index >= 15 is 0 Å². The predicted octanol–water partition coefficient (Wildman–Crippen LogP) is 3.25. The number of hydrogen-bond acceptors (Lipinski definition) is 7. The Labute approximate surface area is 166 Å². The molecule has 10 heteroatoms. The number of aromatic nitrogens is 1. The Morgan fingerprint density at radius 2 is 2.10 bits per heavy atom. The first-order chi connectivity index (χ1) is 13.9. The smallest absolute Gasteiger partial charge is 0.266 e. The van der Waals surface area contributed by atoms with Crippen LogP contribution in [0.2, 0.25) is 0 Å². The molecule has 1 aromatic heterocycles. The van der Waals surface area contributed by atoms with Crippen molar-refractivity contribution in [2.24, 2.45) is 0 Å². The lowest BCUT2D eigenvalue weighted by atomic mass is 9.98. The van der Waals surface area contributed by atoms with Gasteiger partial charge in [-0.3, -0.25) is 4.72 Å². The maximum Gasteiger partial charge on any atom is 0.266 e. The topological polar surface area (TPSA) is 99.9 Å². The van der Waals surface area contributed by atoms with Gasteiger partial charge >= 0.3 is 0 Å². The van der Waals surface area contributed by atoms with Gasteiger partial charge in [0.05, 0.1) is 20.3 Å². The molecule has 4 rings (SSSR count). The van der Waals surface area contributed by atoms with Crippen LogP contribution in [-0.2, 0) is 27.8 Å². The summed E-state index contributed by atoms with van der Waals surface area (Å²) in [6.45, 7) is 0.859. The minimum Gasteiger partial charge on any atom is -0.495 e. The number of methoxy groups -OCH3 is 2. The second-order valence-corrected chi connectivity index (χ2v) is 8.18. The van der Waals surface area contributed by atoms with E-state index in [4.69, 9.17) is 18.7 Å². The quantitative estimate of drug-likeness (QED) is 0.651. The van der Waals surface area contributed by atoms with Crippen molar-refractivity contribution in [1.29, 1.82) is 0 Å². The molecule has 2 aromatic carbocycles. The van der Waals surface area contributed by atoms with Crippen LogP contribution in [0.3, 0.4) is 0 Å². The summed E-state index contributed by atoms with van der Waals surface area (Å²) in [6, 6.07) is 5.00. The molecular weight excluding hydrogens is 403 g/mol. The van der Waals surface area contributed by atoms with Gasteiger partial charge in [-0.05, 0) is 42.7 Å². The van der Waals surface area contributed by atoms with Gasteiger partial charge in [0.15, 0.2) is 11.4 Å². The van der Waals surface area contributed by atoms with Gasteiger partial charge in [-0.1, -0.05) is 5.16 Å². The minimum absolute atomic E-state index is 0.00681. The minimum atomic E-state index is -4.20. The molecule has 0 saturated heterocycles. The number of sulfonamides is 1. The van der Waals surface area contributed by atoms with Gasteiger partial charge in [-0.25, -0.2) is 12.8 Å².